The second-order valence-electron chi connectivity index (χ2n) is 8.26. The molecular weight excluding hydrogens is 460 g/mol. The van der Waals surface area contributed by atoms with Crippen LogP contribution in [0.25, 0.3) is 11.3 Å². The lowest BCUT2D eigenvalue weighted by atomic mass is 10.0. The van der Waals surface area contributed by atoms with Crippen LogP contribution in [-0.2, 0) is 4.79 Å². The fourth-order valence-electron chi connectivity index (χ4n) is 4.08. The number of amides is 2. The molecule has 1 unspecified atom stereocenters. The predicted molar refractivity (Wildman–Crippen MR) is 137 cm³/mol. The second kappa shape index (κ2) is 11.9. The van der Waals surface area contributed by atoms with Gasteiger partial charge < -0.3 is 15.4 Å². The van der Waals surface area contributed by atoms with E-state index in [1.165, 1.54) is 6.08 Å². The van der Waals surface area contributed by atoms with E-state index in [0.717, 1.165) is 6.42 Å². The Labute approximate surface area is 210 Å². The number of hydrazine groups is 1. The Balaban J connectivity index is 2.00. The monoisotopic (exact) mass is 492 g/mol. The molecule has 2 amide bonds. The molecule has 36 heavy (non-hydrogen) atoms. The summed E-state index contributed by atoms with van der Waals surface area (Å²) in [5, 5.41) is 4.79. The number of nitrogens with zero attached hydrogens (tertiary/aromatic N) is 5. The molecule has 0 spiro atoms. The minimum absolute atomic E-state index is 0.166. The van der Waals surface area contributed by atoms with Crippen molar-refractivity contribution in [2.45, 2.75) is 38.8 Å². The largest absolute Gasteiger partial charge is 0.456 e. The van der Waals surface area contributed by atoms with Crippen LogP contribution in [0.2, 0.25) is 0 Å². The van der Waals surface area contributed by atoms with Crippen molar-refractivity contribution in [3.63, 3.8) is 0 Å². The van der Waals surface area contributed by atoms with E-state index in [0.29, 0.717) is 36.3 Å². The zero-order valence-electron chi connectivity index (χ0n) is 20.6. The number of allylic oxidation sites excluding steroid dienone is 3. The van der Waals surface area contributed by atoms with Gasteiger partial charge in [-0.1, -0.05) is 25.3 Å². The van der Waals surface area contributed by atoms with Crippen molar-refractivity contribution in [1.82, 2.24) is 30.1 Å². The SMILES string of the molecule is C=CC(=O)N1CCCC(n2nc(C(/C=C\[C@@H](C)Oc3ncccn3)=C/C)c(C(=C)N)c2C(=O)NN)C1. The minimum Gasteiger partial charge on any atom is -0.456 e. The van der Waals surface area contributed by atoms with Gasteiger partial charge in [-0.25, -0.2) is 15.8 Å². The summed E-state index contributed by atoms with van der Waals surface area (Å²) in [7, 11) is 0. The van der Waals surface area contributed by atoms with Crippen LogP contribution in [0.3, 0.4) is 0 Å². The van der Waals surface area contributed by atoms with Crippen molar-refractivity contribution in [2.75, 3.05) is 13.1 Å². The summed E-state index contributed by atoms with van der Waals surface area (Å²) in [6.07, 6.45) is 11.1. The summed E-state index contributed by atoms with van der Waals surface area (Å²) < 4.78 is 7.32. The maximum atomic E-state index is 12.9. The highest BCUT2D eigenvalue weighted by Crippen LogP contribution is 2.31. The minimum atomic E-state index is -0.556. The van der Waals surface area contributed by atoms with Gasteiger partial charge in [0.25, 0.3) is 5.91 Å². The van der Waals surface area contributed by atoms with E-state index in [1.54, 1.807) is 28.0 Å². The van der Waals surface area contributed by atoms with Crippen LogP contribution in [0, 0.1) is 0 Å². The number of piperidine rings is 1. The third-order valence-electron chi connectivity index (χ3n) is 5.77. The lowest BCUT2D eigenvalue weighted by Crippen LogP contribution is -2.41. The summed E-state index contributed by atoms with van der Waals surface area (Å²) in [6, 6.07) is 1.70. The quantitative estimate of drug-likeness (QED) is 0.158. The Morgan fingerprint density at radius 2 is 2.06 bits per heavy atom. The molecule has 0 radical (unpaired) electrons. The van der Waals surface area contributed by atoms with Crippen molar-refractivity contribution >= 4 is 23.1 Å². The average molecular weight is 493 g/mol. The topological polar surface area (TPSA) is 154 Å². The van der Waals surface area contributed by atoms with Crippen molar-refractivity contribution in [3.05, 3.63) is 72.9 Å². The first-order valence-electron chi connectivity index (χ1n) is 11.6. The van der Waals surface area contributed by atoms with E-state index < -0.39 is 5.91 Å². The normalized spacial score (nSPS) is 17.0. The Morgan fingerprint density at radius 3 is 2.67 bits per heavy atom. The van der Waals surface area contributed by atoms with E-state index in [4.69, 9.17) is 21.4 Å². The Kier molecular flexibility index (Phi) is 8.74. The van der Waals surface area contributed by atoms with E-state index in [9.17, 15) is 9.59 Å². The van der Waals surface area contributed by atoms with Gasteiger partial charge in [-0.05, 0) is 50.5 Å². The lowest BCUT2D eigenvalue weighted by molar-refractivity contribution is -0.127. The summed E-state index contributed by atoms with van der Waals surface area (Å²) >= 11 is 0. The molecule has 0 aromatic carbocycles. The van der Waals surface area contributed by atoms with Crippen molar-refractivity contribution in [1.29, 1.82) is 0 Å². The van der Waals surface area contributed by atoms with Crippen LogP contribution in [0.4, 0.5) is 0 Å². The van der Waals surface area contributed by atoms with Gasteiger partial charge in [-0.2, -0.15) is 5.10 Å². The number of nitrogens with two attached hydrogens (primary N) is 2. The first-order valence-corrected chi connectivity index (χ1v) is 11.6. The number of carbonyl (C=O) groups is 2. The van der Waals surface area contributed by atoms with Crippen LogP contribution in [0.5, 0.6) is 6.01 Å². The number of aromatic nitrogens is 4. The molecule has 1 aliphatic rings. The van der Waals surface area contributed by atoms with Gasteiger partial charge in [-0.15, -0.1) is 0 Å². The number of nitrogen functional groups attached to an aromatic ring is 1. The van der Waals surface area contributed by atoms with Crippen molar-refractivity contribution in [2.24, 2.45) is 11.6 Å². The lowest BCUT2D eigenvalue weighted by Gasteiger charge is -2.32. The Hall–Kier alpha value is -4.25. The first-order chi connectivity index (χ1) is 17.3. The standard InChI is InChI=1S/C25H32N8O3/c1-5-18(11-10-16(3)36-25-28-12-8-13-29-25)22-21(17(4)26)23(24(35)30-27)33(31-22)19-9-7-14-32(15-19)20(34)6-2/h5-6,8,10-13,16,19H,2,4,7,9,14-15,26-27H2,1,3H3,(H,30,35)/b11-10-,18-5+/t16-,19?/m1/s1. The van der Waals surface area contributed by atoms with Gasteiger partial charge in [0.05, 0.1) is 11.6 Å². The number of rotatable bonds is 9. The highest BCUT2D eigenvalue weighted by atomic mass is 16.5. The second-order valence-corrected chi connectivity index (χ2v) is 8.26. The van der Waals surface area contributed by atoms with E-state index in [1.807, 2.05) is 32.1 Å². The summed E-state index contributed by atoms with van der Waals surface area (Å²) in [5.74, 6) is 4.78. The zero-order chi connectivity index (χ0) is 26.2. The Morgan fingerprint density at radius 1 is 1.33 bits per heavy atom. The molecule has 0 bridgehead atoms. The maximum Gasteiger partial charge on any atom is 0.316 e. The molecule has 5 N–H and O–H groups in total. The highest BCUT2D eigenvalue weighted by molar-refractivity contribution is 5.99. The van der Waals surface area contributed by atoms with Gasteiger partial charge in [-0.3, -0.25) is 19.7 Å². The first kappa shape index (κ1) is 26.4. The molecule has 3 rings (SSSR count). The van der Waals surface area contributed by atoms with Gasteiger partial charge in [0, 0.05) is 31.2 Å². The van der Waals surface area contributed by atoms with Crippen LogP contribution in [-0.4, -0.2) is 55.7 Å². The number of likely N-dealkylation sites (tertiary alicyclic amines) is 1. The molecule has 1 aliphatic heterocycles. The third kappa shape index (κ3) is 5.87. The highest BCUT2D eigenvalue weighted by Gasteiger charge is 2.32. The molecule has 1 fully saturated rings. The summed E-state index contributed by atoms with van der Waals surface area (Å²) in [4.78, 5) is 35.0. The number of carbonyl (C=O) groups excluding carboxylic acids is 2. The van der Waals surface area contributed by atoms with E-state index >= 15 is 0 Å². The molecule has 0 saturated carbocycles. The van der Waals surface area contributed by atoms with Crippen LogP contribution in [0.1, 0.15) is 54.5 Å². The number of ether oxygens (including phenoxy) is 1. The molecular formula is C25H32N8O3. The predicted octanol–water partition coefficient (Wildman–Crippen LogP) is 1.98. The summed E-state index contributed by atoms with van der Waals surface area (Å²) in [6.45, 7) is 12.1. The molecule has 1 saturated heterocycles. The zero-order valence-corrected chi connectivity index (χ0v) is 20.6. The maximum absolute atomic E-state index is 12.9. The number of nitrogens with one attached hydrogen (secondary N) is 1. The van der Waals surface area contributed by atoms with Gasteiger partial charge >= 0.3 is 6.01 Å². The van der Waals surface area contributed by atoms with Crippen LogP contribution in [0.15, 0.2) is 55.9 Å². The van der Waals surface area contributed by atoms with Crippen LogP contribution >= 0.6 is 0 Å². The van der Waals surface area contributed by atoms with E-state index in [2.05, 4.69) is 28.6 Å². The molecule has 11 heteroatoms. The number of hydrogen-bond acceptors (Lipinski definition) is 8. The fourth-order valence-corrected chi connectivity index (χ4v) is 4.08. The van der Waals surface area contributed by atoms with Gasteiger partial charge in [0.15, 0.2) is 0 Å². The summed E-state index contributed by atoms with van der Waals surface area (Å²) in [5.41, 5.74) is 10.2. The Bertz CT molecular complexity index is 1190. The van der Waals surface area contributed by atoms with Gasteiger partial charge in [0.2, 0.25) is 5.91 Å². The molecule has 11 nitrogen and oxygen atoms in total. The molecule has 3 heterocycles. The van der Waals surface area contributed by atoms with Gasteiger partial charge in [0.1, 0.15) is 17.5 Å². The van der Waals surface area contributed by atoms with Crippen molar-refractivity contribution < 1.29 is 14.3 Å². The molecule has 2 aromatic heterocycles. The molecule has 0 aliphatic carbocycles. The van der Waals surface area contributed by atoms with Crippen molar-refractivity contribution in [3.8, 4) is 6.01 Å². The molecule has 2 aromatic rings. The molecule has 190 valence electrons. The smallest absolute Gasteiger partial charge is 0.316 e. The average Bonchev–Trinajstić information content (AvgIpc) is 3.29. The van der Waals surface area contributed by atoms with E-state index in [-0.39, 0.29) is 35.5 Å². The number of hydrogen-bond donors (Lipinski definition) is 3. The van der Waals surface area contributed by atoms with Crippen LogP contribution < -0.4 is 21.7 Å². The third-order valence-corrected chi connectivity index (χ3v) is 5.77. The fraction of sp³-hybridized carbons (Fsp3) is 0.320. The molecule has 2 atom stereocenters.